The van der Waals surface area contributed by atoms with Crippen LogP contribution >= 0.6 is 33.9 Å². The highest BCUT2D eigenvalue weighted by atomic mass is 127. The van der Waals surface area contributed by atoms with Crippen LogP contribution in [0.15, 0.2) is 60.0 Å². The molecule has 1 amide bonds. The minimum atomic E-state index is -0.0391. The monoisotopic (exact) mass is 434 g/mol. The van der Waals surface area contributed by atoms with Gasteiger partial charge in [-0.15, -0.1) is 11.3 Å². The van der Waals surface area contributed by atoms with Crippen molar-refractivity contribution in [3.63, 3.8) is 0 Å². The van der Waals surface area contributed by atoms with E-state index in [1.165, 1.54) is 5.56 Å². The van der Waals surface area contributed by atoms with Crippen LogP contribution in [0, 0.1) is 3.57 Å². The van der Waals surface area contributed by atoms with E-state index in [1.807, 2.05) is 47.8 Å². The molecule has 2 aromatic carbocycles. The minimum Gasteiger partial charge on any atom is -0.326 e. The molecule has 116 valence electrons. The Bertz CT molecular complexity index is 784. The third kappa shape index (κ3) is 4.87. The number of thiazole rings is 1. The SMILES string of the molecule is O=C(Cc1csc(Cc2ccccc2)n1)Nc1ccc(I)cc1. The lowest BCUT2D eigenvalue weighted by Crippen LogP contribution is -2.14. The molecule has 5 heteroatoms. The van der Waals surface area contributed by atoms with E-state index < -0.39 is 0 Å². The molecular weight excluding hydrogens is 419 g/mol. The molecule has 3 rings (SSSR count). The van der Waals surface area contributed by atoms with Crippen molar-refractivity contribution in [1.29, 1.82) is 0 Å². The Morgan fingerprint density at radius 2 is 1.83 bits per heavy atom. The van der Waals surface area contributed by atoms with E-state index in [1.54, 1.807) is 11.3 Å². The first-order chi connectivity index (χ1) is 11.2. The van der Waals surface area contributed by atoms with Gasteiger partial charge in [-0.1, -0.05) is 30.3 Å². The highest BCUT2D eigenvalue weighted by Crippen LogP contribution is 2.16. The number of benzene rings is 2. The molecule has 0 saturated carbocycles. The van der Waals surface area contributed by atoms with Crippen molar-refractivity contribution in [1.82, 2.24) is 4.98 Å². The van der Waals surface area contributed by atoms with Crippen molar-refractivity contribution >= 4 is 45.5 Å². The number of amides is 1. The first-order valence-corrected chi connectivity index (χ1v) is 9.17. The lowest BCUT2D eigenvalue weighted by Gasteiger charge is -2.03. The Labute approximate surface area is 152 Å². The lowest BCUT2D eigenvalue weighted by molar-refractivity contribution is -0.115. The average molecular weight is 434 g/mol. The molecule has 0 atom stereocenters. The molecular formula is C18H15IN2OS. The second-order valence-electron chi connectivity index (χ2n) is 5.13. The standard InChI is InChI=1S/C18H15IN2OS/c19-14-6-8-15(9-7-14)20-17(22)11-16-12-23-18(21-16)10-13-4-2-1-3-5-13/h1-9,12H,10-11H2,(H,20,22). The first kappa shape index (κ1) is 16.1. The zero-order chi connectivity index (χ0) is 16.1. The van der Waals surface area contributed by atoms with Gasteiger partial charge in [0.25, 0.3) is 0 Å². The van der Waals surface area contributed by atoms with Crippen molar-refractivity contribution in [2.24, 2.45) is 0 Å². The zero-order valence-electron chi connectivity index (χ0n) is 12.3. The molecule has 0 aliphatic rings. The highest BCUT2D eigenvalue weighted by molar-refractivity contribution is 14.1. The quantitative estimate of drug-likeness (QED) is 0.601. The van der Waals surface area contributed by atoms with Gasteiger partial charge in [-0.25, -0.2) is 4.98 Å². The van der Waals surface area contributed by atoms with Crippen molar-refractivity contribution in [3.8, 4) is 0 Å². The fraction of sp³-hybridized carbons (Fsp3) is 0.111. The van der Waals surface area contributed by atoms with E-state index in [2.05, 4.69) is 45.0 Å². The van der Waals surface area contributed by atoms with Crippen molar-refractivity contribution < 1.29 is 4.79 Å². The summed E-state index contributed by atoms with van der Waals surface area (Å²) in [4.78, 5) is 16.6. The maximum atomic E-state index is 12.1. The molecule has 0 radical (unpaired) electrons. The van der Waals surface area contributed by atoms with Crippen molar-refractivity contribution in [2.75, 3.05) is 5.32 Å². The Morgan fingerprint density at radius 3 is 2.57 bits per heavy atom. The number of hydrogen-bond acceptors (Lipinski definition) is 3. The smallest absolute Gasteiger partial charge is 0.230 e. The summed E-state index contributed by atoms with van der Waals surface area (Å²) in [6, 6.07) is 18.0. The summed E-state index contributed by atoms with van der Waals surface area (Å²) in [6.45, 7) is 0. The summed E-state index contributed by atoms with van der Waals surface area (Å²) in [5.41, 5.74) is 2.87. The van der Waals surface area contributed by atoms with Crippen LogP contribution in [0.5, 0.6) is 0 Å². The van der Waals surface area contributed by atoms with Crippen LogP contribution in [0.2, 0.25) is 0 Å². The molecule has 0 saturated heterocycles. The fourth-order valence-corrected chi connectivity index (χ4v) is 3.37. The third-order valence-corrected chi connectivity index (χ3v) is 4.88. The Morgan fingerprint density at radius 1 is 1.09 bits per heavy atom. The second kappa shape index (κ2) is 7.70. The van der Waals surface area contributed by atoms with Crippen LogP contribution < -0.4 is 5.32 Å². The fourth-order valence-electron chi connectivity index (χ4n) is 2.18. The number of nitrogens with zero attached hydrogens (tertiary/aromatic N) is 1. The van der Waals surface area contributed by atoms with Crippen LogP contribution in [0.4, 0.5) is 5.69 Å². The first-order valence-electron chi connectivity index (χ1n) is 7.22. The second-order valence-corrected chi connectivity index (χ2v) is 7.32. The molecule has 0 aliphatic carbocycles. The number of aromatic nitrogens is 1. The summed E-state index contributed by atoms with van der Waals surface area (Å²) in [5.74, 6) is -0.0391. The molecule has 3 aromatic rings. The van der Waals surface area contributed by atoms with Gasteiger partial charge in [0.1, 0.15) is 0 Å². The number of hydrogen-bond donors (Lipinski definition) is 1. The minimum absolute atomic E-state index is 0.0391. The van der Waals surface area contributed by atoms with E-state index in [4.69, 9.17) is 0 Å². The number of halogens is 1. The summed E-state index contributed by atoms with van der Waals surface area (Å²) in [7, 11) is 0. The molecule has 1 aromatic heterocycles. The maximum absolute atomic E-state index is 12.1. The van der Waals surface area contributed by atoms with Crippen LogP contribution in [0.25, 0.3) is 0 Å². The van der Waals surface area contributed by atoms with Gasteiger partial charge in [-0.3, -0.25) is 4.79 Å². The largest absolute Gasteiger partial charge is 0.326 e. The molecule has 3 nitrogen and oxygen atoms in total. The zero-order valence-corrected chi connectivity index (χ0v) is 15.3. The van der Waals surface area contributed by atoms with Gasteiger partial charge in [0.05, 0.1) is 17.1 Å². The van der Waals surface area contributed by atoms with Gasteiger partial charge in [0, 0.05) is 21.1 Å². The topological polar surface area (TPSA) is 42.0 Å². The Kier molecular flexibility index (Phi) is 5.40. The Balaban J connectivity index is 1.58. The van der Waals surface area contributed by atoms with Gasteiger partial charge >= 0.3 is 0 Å². The van der Waals surface area contributed by atoms with Gasteiger partial charge in [-0.05, 0) is 52.4 Å². The van der Waals surface area contributed by atoms with Crippen molar-refractivity contribution in [3.05, 3.63) is 79.8 Å². The van der Waals surface area contributed by atoms with Crippen LogP contribution in [-0.2, 0) is 17.6 Å². The summed E-state index contributed by atoms with van der Waals surface area (Å²) < 4.78 is 1.14. The van der Waals surface area contributed by atoms with Crippen LogP contribution in [0.1, 0.15) is 16.3 Å². The van der Waals surface area contributed by atoms with E-state index in [0.717, 1.165) is 26.4 Å². The van der Waals surface area contributed by atoms with Gasteiger partial charge < -0.3 is 5.32 Å². The van der Waals surface area contributed by atoms with Gasteiger partial charge in [0.2, 0.25) is 5.91 Å². The Hall–Kier alpha value is -1.73. The summed E-state index contributed by atoms with van der Waals surface area (Å²) >= 11 is 3.84. The van der Waals surface area contributed by atoms with Crippen LogP contribution in [0.3, 0.4) is 0 Å². The number of carbonyl (C=O) groups is 1. The number of anilines is 1. The molecule has 0 spiro atoms. The van der Waals surface area contributed by atoms with Gasteiger partial charge in [0.15, 0.2) is 0 Å². The van der Waals surface area contributed by atoms with Gasteiger partial charge in [-0.2, -0.15) is 0 Å². The molecule has 0 unspecified atom stereocenters. The van der Waals surface area contributed by atoms with E-state index in [-0.39, 0.29) is 5.91 Å². The number of carbonyl (C=O) groups excluding carboxylic acids is 1. The normalized spacial score (nSPS) is 10.5. The predicted molar refractivity (Wildman–Crippen MR) is 103 cm³/mol. The lowest BCUT2D eigenvalue weighted by atomic mass is 10.2. The third-order valence-electron chi connectivity index (χ3n) is 3.27. The molecule has 0 bridgehead atoms. The summed E-state index contributed by atoms with van der Waals surface area (Å²) in [6.07, 6.45) is 1.11. The summed E-state index contributed by atoms with van der Waals surface area (Å²) in [5, 5.41) is 5.90. The molecule has 0 aliphatic heterocycles. The molecule has 1 heterocycles. The predicted octanol–water partition coefficient (Wildman–Crippen LogP) is 4.52. The van der Waals surface area contributed by atoms with E-state index in [0.29, 0.717) is 6.42 Å². The molecule has 1 N–H and O–H groups in total. The number of rotatable bonds is 5. The van der Waals surface area contributed by atoms with Crippen LogP contribution in [-0.4, -0.2) is 10.9 Å². The highest BCUT2D eigenvalue weighted by Gasteiger charge is 2.08. The van der Waals surface area contributed by atoms with Crippen molar-refractivity contribution in [2.45, 2.75) is 12.8 Å². The maximum Gasteiger partial charge on any atom is 0.230 e. The molecule has 0 fully saturated rings. The molecule has 23 heavy (non-hydrogen) atoms. The van der Waals surface area contributed by atoms with E-state index >= 15 is 0 Å². The van der Waals surface area contributed by atoms with E-state index in [9.17, 15) is 4.79 Å². The average Bonchev–Trinajstić information content (AvgIpc) is 2.97. The number of nitrogens with one attached hydrogen (secondary N) is 1.